The first kappa shape index (κ1) is 31.3. The number of nitrogens with two attached hydrogens (primary N) is 1. The summed E-state index contributed by atoms with van der Waals surface area (Å²) in [6, 6.07) is -1.72. The van der Waals surface area contributed by atoms with E-state index in [4.69, 9.17) is 5.73 Å². The van der Waals surface area contributed by atoms with E-state index in [2.05, 4.69) is 25.3 Å². The molecule has 0 aliphatic heterocycles. The molecular weight excluding hydrogens is 510 g/mol. The highest BCUT2D eigenvalue weighted by Gasteiger charge is 2.34. The van der Waals surface area contributed by atoms with Gasteiger partial charge in [-0.3, -0.25) is 29.3 Å². The van der Waals surface area contributed by atoms with Crippen LogP contribution in [0, 0.1) is 11.8 Å². The van der Waals surface area contributed by atoms with Gasteiger partial charge in [-0.15, -0.1) is 11.3 Å². The number of thiazole rings is 1. The largest absolute Gasteiger partial charge is 0.369 e. The van der Waals surface area contributed by atoms with E-state index in [1.807, 2.05) is 20.8 Å². The lowest BCUT2D eigenvalue weighted by Gasteiger charge is -2.32. The van der Waals surface area contributed by atoms with Crippen molar-refractivity contribution >= 4 is 50.7 Å². The summed E-state index contributed by atoms with van der Waals surface area (Å²) in [6.07, 6.45) is 4.65. The van der Waals surface area contributed by atoms with Gasteiger partial charge in [-0.25, -0.2) is 18.5 Å². The Labute approximate surface area is 215 Å². The maximum Gasteiger partial charge on any atom is 0.248 e. The molecule has 3 amide bonds. The Morgan fingerprint density at radius 1 is 1.31 bits per heavy atom. The molecule has 36 heavy (non-hydrogen) atoms. The zero-order valence-corrected chi connectivity index (χ0v) is 22.6. The number of hydrogen-bond donors (Lipinski definition) is 5. The summed E-state index contributed by atoms with van der Waals surface area (Å²) in [6.45, 7) is 5.83. The van der Waals surface area contributed by atoms with E-state index in [-0.39, 0.29) is 31.3 Å². The number of guanidine groups is 1. The second-order valence-electron chi connectivity index (χ2n) is 8.75. The maximum absolute atomic E-state index is 13.3. The van der Waals surface area contributed by atoms with Crippen LogP contribution in [0.25, 0.3) is 0 Å². The van der Waals surface area contributed by atoms with Gasteiger partial charge in [0.25, 0.3) is 0 Å². The average molecular weight is 548 g/mol. The predicted octanol–water partition coefficient (Wildman–Crippen LogP) is 0.889. The summed E-state index contributed by atoms with van der Waals surface area (Å²) >= 11 is 1.22. The van der Waals surface area contributed by atoms with Crippen molar-refractivity contribution in [2.75, 3.05) is 18.1 Å². The molecule has 0 fully saturated rings. The van der Waals surface area contributed by atoms with E-state index in [1.54, 1.807) is 5.38 Å². The molecule has 0 aromatic carbocycles. The van der Waals surface area contributed by atoms with E-state index in [9.17, 15) is 28.0 Å². The third-order valence-electron chi connectivity index (χ3n) is 5.08. The quantitative estimate of drug-likeness (QED) is 0.0502. The van der Waals surface area contributed by atoms with Crippen molar-refractivity contribution in [3.63, 3.8) is 0 Å². The maximum atomic E-state index is 13.3. The monoisotopic (exact) mass is 547 g/mol. The number of nitrogens with zero attached hydrogens (tertiary/aromatic N) is 3. The normalized spacial score (nSPS) is 14.6. The minimum atomic E-state index is -3.56. The fourth-order valence-corrected chi connectivity index (χ4v) is 4.56. The third-order valence-corrected chi connectivity index (χ3v) is 6.35. The number of carbonyl (C=O) groups is 3. The van der Waals surface area contributed by atoms with Crippen LogP contribution in [0.4, 0.5) is 5.13 Å². The van der Waals surface area contributed by atoms with Crippen molar-refractivity contribution in [3.8, 4) is 0 Å². The molecule has 15 heteroatoms. The highest BCUT2D eigenvalue weighted by molar-refractivity contribution is 7.89. The van der Waals surface area contributed by atoms with E-state index in [0.29, 0.717) is 35.9 Å². The summed E-state index contributed by atoms with van der Waals surface area (Å²) in [5.74, 6) is -1.90. The van der Waals surface area contributed by atoms with Gasteiger partial charge in [0, 0.05) is 18.1 Å². The van der Waals surface area contributed by atoms with E-state index >= 15 is 0 Å². The Hall–Kier alpha value is -2.78. The number of anilines is 1. The highest BCUT2D eigenvalue weighted by Crippen LogP contribution is 2.23. The zero-order chi connectivity index (χ0) is 27.3. The first-order valence-corrected chi connectivity index (χ1v) is 14.4. The Morgan fingerprint density at radius 3 is 2.53 bits per heavy atom. The van der Waals surface area contributed by atoms with Gasteiger partial charge in [0.15, 0.2) is 5.13 Å². The van der Waals surface area contributed by atoms with Gasteiger partial charge in [0.05, 0.1) is 18.2 Å². The second-order valence-corrected chi connectivity index (χ2v) is 11.4. The molecule has 1 rings (SSSR count). The SMILES string of the molecule is CCC[C@@H]([C@@H](CC(C)C)C(=O)N[C@@H](CCCN=C(N)NS(C)(=O)=O)C(=O)Nc1nccs1)N(O)C=O. The Morgan fingerprint density at radius 2 is 2.00 bits per heavy atom. The lowest BCUT2D eigenvalue weighted by molar-refractivity contribution is -0.169. The van der Waals surface area contributed by atoms with Crippen LogP contribution in [0.2, 0.25) is 0 Å². The van der Waals surface area contributed by atoms with Crippen LogP contribution in [-0.2, 0) is 24.4 Å². The van der Waals surface area contributed by atoms with Crippen LogP contribution in [0.15, 0.2) is 16.6 Å². The van der Waals surface area contributed by atoms with Gasteiger partial charge < -0.3 is 16.4 Å². The number of hydroxylamine groups is 2. The fraction of sp³-hybridized carbons (Fsp3) is 0.667. The third kappa shape index (κ3) is 11.8. The van der Waals surface area contributed by atoms with Gasteiger partial charge in [0.2, 0.25) is 34.2 Å². The van der Waals surface area contributed by atoms with Crippen LogP contribution in [0.1, 0.15) is 52.9 Å². The smallest absolute Gasteiger partial charge is 0.248 e. The number of aliphatic imine (C=N–C) groups is 1. The number of hydrogen-bond acceptors (Lipinski definition) is 9. The average Bonchev–Trinajstić information content (AvgIpc) is 3.29. The molecule has 6 N–H and O–H groups in total. The van der Waals surface area contributed by atoms with Crippen molar-refractivity contribution < 1.29 is 28.0 Å². The molecule has 3 atom stereocenters. The van der Waals surface area contributed by atoms with Gasteiger partial charge >= 0.3 is 0 Å². The Bertz CT molecular complexity index is 969. The summed E-state index contributed by atoms with van der Waals surface area (Å²) < 4.78 is 24.5. The van der Waals surface area contributed by atoms with Gasteiger partial charge in [-0.05, 0) is 31.6 Å². The summed E-state index contributed by atoms with van der Waals surface area (Å²) in [7, 11) is -3.56. The minimum absolute atomic E-state index is 0.0856. The first-order chi connectivity index (χ1) is 16.9. The van der Waals surface area contributed by atoms with Crippen molar-refractivity contribution in [3.05, 3.63) is 11.6 Å². The van der Waals surface area contributed by atoms with Crippen molar-refractivity contribution in [2.24, 2.45) is 22.6 Å². The number of aromatic nitrogens is 1. The van der Waals surface area contributed by atoms with Crippen molar-refractivity contribution in [1.82, 2.24) is 20.1 Å². The van der Waals surface area contributed by atoms with Crippen LogP contribution >= 0.6 is 11.3 Å². The molecule has 0 unspecified atom stereocenters. The van der Waals surface area contributed by atoms with E-state index in [1.165, 1.54) is 17.5 Å². The van der Waals surface area contributed by atoms with Crippen molar-refractivity contribution in [2.45, 2.75) is 65.0 Å². The molecule has 0 saturated heterocycles. The topological polar surface area (TPSA) is 196 Å². The van der Waals surface area contributed by atoms with Crippen molar-refractivity contribution in [1.29, 1.82) is 0 Å². The standard InChI is InChI=1S/C21H37N7O6S2/c1-5-7-17(28(32)13-29)15(12-14(2)3)18(30)25-16(19(31)26-21-24-10-11-35-21)8-6-9-23-20(22)27-36(4,33)34/h10-11,13-17,32H,5-9,12H2,1-4H3,(H,25,30)(H3,22,23,27)(H,24,26,31)/t15-,16+,17+/m1/s1. The number of nitrogens with one attached hydrogen (secondary N) is 3. The Kier molecular flexibility index (Phi) is 13.3. The van der Waals surface area contributed by atoms with Crippen LogP contribution in [-0.4, -0.2) is 72.7 Å². The Balaban J connectivity index is 3.04. The lowest BCUT2D eigenvalue weighted by atomic mass is 9.86. The minimum Gasteiger partial charge on any atom is -0.369 e. The van der Waals surface area contributed by atoms with E-state index in [0.717, 1.165) is 6.26 Å². The van der Waals surface area contributed by atoms with Crippen LogP contribution < -0.4 is 21.1 Å². The summed E-state index contributed by atoms with van der Waals surface area (Å²) in [5.41, 5.74) is 5.54. The number of amides is 3. The molecule has 0 aliphatic rings. The zero-order valence-electron chi connectivity index (χ0n) is 21.0. The molecule has 204 valence electrons. The van der Waals surface area contributed by atoms with E-state index < -0.39 is 39.8 Å². The molecule has 13 nitrogen and oxygen atoms in total. The predicted molar refractivity (Wildman–Crippen MR) is 138 cm³/mol. The van der Waals surface area contributed by atoms with Crippen LogP contribution in [0.3, 0.4) is 0 Å². The molecule has 0 radical (unpaired) electrons. The molecule has 1 aromatic rings. The van der Waals surface area contributed by atoms with Gasteiger partial charge in [-0.2, -0.15) is 0 Å². The second kappa shape index (κ2) is 15.4. The fourth-order valence-electron chi connectivity index (χ4n) is 3.58. The molecule has 0 bridgehead atoms. The molecular formula is C21H37N7O6S2. The molecule has 0 saturated carbocycles. The first-order valence-electron chi connectivity index (χ1n) is 11.6. The highest BCUT2D eigenvalue weighted by atomic mass is 32.2. The molecule has 0 aliphatic carbocycles. The van der Waals surface area contributed by atoms with Gasteiger partial charge in [-0.1, -0.05) is 27.2 Å². The lowest BCUT2D eigenvalue weighted by Crippen LogP contribution is -2.51. The molecule has 0 spiro atoms. The number of carbonyl (C=O) groups excluding carboxylic acids is 3. The molecule has 1 heterocycles. The summed E-state index contributed by atoms with van der Waals surface area (Å²) in [4.78, 5) is 45.5. The van der Waals surface area contributed by atoms with Gasteiger partial charge in [0.1, 0.15) is 6.04 Å². The summed E-state index contributed by atoms with van der Waals surface area (Å²) in [5, 5.41) is 18.1. The number of sulfonamides is 1. The van der Waals surface area contributed by atoms with Crippen LogP contribution in [0.5, 0.6) is 0 Å². The molecule has 1 aromatic heterocycles. The number of rotatable bonds is 16.